The Kier molecular flexibility index (Phi) is 4.98. The molecule has 1 amide bonds. The van der Waals surface area contributed by atoms with Crippen molar-refractivity contribution in [3.05, 3.63) is 57.0 Å². The third kappa shape index (κ3) is 3.61. The van der Waals surface area contributed by atoms with E-state index in [4.69, 9.17) is 16.3 Å². The van der Waals surface area contributed by atoms with Crippen molar-refractivity contribution in [3.63, 3.8) is 0 Å². The summed E-state index contributed by atoms with van der Waals surface area (Å²) in [5.74, 6) is -0.623. The number of carbonyl (C=O) groups is 1. The monoisotopic (exact) mass is 327 g/mol. The molecule has 0 fully saturated rings. The largest absolute Gasteiger partial charge is 0.372 e. The van der Waals surface area contributed by atoms with Crippen molar-refractivity contribution in [2.24, 2.45) is 0 Å². The van der Waals surface area contributed by atoms with Gasteiger partial charge in [0.15, 0.2) is 0 Å². The number of hydrogen-bond acceptors (Lipinski definition) is 3. The number of rotatable bonds is 5. The van der Waals surface area contributed by atoms with E-state index in [0.717, 1.165) is 0 Å². The SMILES string of the molecule is COC(C)(CNC(=O)c1ccc(Cl)s1)c1ccccc1F. The van der Waals surface area contributed by atoms with E-state index in [0.29, 0.717) is 14.8 Å². The smallest absolute Gasteiger partial charge is 0.261 e. The lowest BCUT2D eigenvalue weighted by Gasteiger charge is -2.29. The molecular formula is C15H15ClFNO2S. The maximum atomic E-state index is 13.9. The molecule has 1 unspecified atom stereocenters. The maximum absolute atomic E-state index is 13.9. The number of ether oxygens (including phenoxy) is 1. The molecule has 0 spiro atoms. The van der Waals surface area contributed by atoms with Gasteiger partial charge >= 0.3 is 0 Å². The van der Waals surface area contributed by atoms with Crippen LogP contribution in [-0.2, 0) is 10.3 Å². The lowest BCUT2D eigenvalue weighted by Crippen LogP contribution is -2.40. The van der Waals surface area contributed by atoms with Gasteiger partial charge in [0.1, 0.15) is 11.4 Å². The number of benzene rings is 1. The van der Waals surface area contributed by atoms with E-state index in [1.165, 1.54) is 24.5 Å². The van der Waals surface area contributed by atoms with Crippen LogP contribution in [0.4, 0.5) is 4.39 Å². The standard InChI is InChI=1S/C15H15ClFNO2S/c1-15(20-2,10-5-3-4-6-11(10)17)9-18-14(19)12-7-8-13(16)21-12/h3-8H,9H2,1-2H3,(H,18,19). The fourth-order valence-electron chi connectivity index (χ4n) is 1.94. The summed E-state index contributed by atoms with van der Waals surface area (Å²) in [6.45, 7) is 1.88. The Labute approximate surface area is 131 Å². The van der Waals surface area contributed by atoms with Crippen LogP contribution in [0, 0.1) is 5.82 Å². The van der Waals surface area contributed by atoms with Crippen molar-refractivity contribution in [2.75, 3.05) is 13.7 Å². The Bertz CT molecular complexity index is 646. The van der Waals surface area contributed by atoms with Gasteiger partial charge in [0.05, 0.1) is 15.8 Å². The Hall–Kier alpha value is -1.43. The van der Waals surface area contributed by atoms with E-state index in [-0.39, 0.29) is 18.3 Å². The van der Waals surface area contributed by atoms with Crippen molar-refractivity contribution in [3.8, 4) is 0 Å². The maximum Gasteiger partial charge on any atom is 0.261 e. The van der Waals surface area contributed by atoms with Gasteiger partial charge in [-0.1, -0.05) is 29.8 Å². The summed E-state index contributed by atoms with van der Waals surface area (Å²) in [6.07, 6.45) is 0. The van der Waals surface area contributed by atoms with Gasteiger partial charge in [-0.2, -0.15) is 0 Å². The number of thiophene rings is 1. The Morgan fingerprint density at radius 1 is 1.38 bits per heavy atom. The molecule has 2 rings (SSSR count). The van der Waals surface area contributed by atoms with Crippen molar-refractivity contribution in [1.82, 2.24) is 5.32 Å². The van der Waals surface area contributed by atoms with E-state index >= 15 is 0 Å². The Morgan fingerprint density at radius 3 is 2.67 bits per heavy atom. The molecule has 2 aromatic rings. The van der Waals surface area contributed by atoms with E-state index in [1.54, 1.807) is 37.3 Å². The number of halogens is 2. The second kappa shape index (κ2) is 6.56. The molecule has 0 aliphatic heterocycles. The van der Waals surface area contributed by atoms with Gasteiger partial charge in [0.2, 0.25) is 0 Å². The number of hydrogen-bond donors (Lipinski definition) is 1. The Balaban J connectivity index is 2.12. The van der Waals surface area contributed by atoms with Crippen molar-refractivity contribution in [1.29, 1.82) is 0 Å². The third-order valence-corrected chi connectivity index (χ3v) is 4.51. The number of nitrogens with one attached hydrogen (secondary N) is 1. The lowest BCUT2D eigenvalue weighted by molar-refractivity contribution is 0.000423. The van der Waals surface area contributed by atoms with Crippen LogP contribution in [0.25, 0.3) is 0 Å². The molecule has 0 radical (unpaired) electrons. The fraction of sp³-hybridized carbons (Fsp3) is 0.267. The van der Waals surface area contributed by atoms with Crippen molar-refractivity contribution >= 4 is 28.8 Å². The molecule has 112 valence electrons. The molecule has 3 nitrogen and oxygen atoms in total. The van der Waals surface area contributed by atoms with Crippen molar-refractivity contribution < 1.29 is 13.9 Å². The first-order valence-electron chi connectivity index (χ1n) is 6.30. The zero-order chi connectivity index (χ0) is 15.5. The van der Waals surface area contributed by atoms with Crippen LogP contribution in [0.1, 0.15) is 22.2 Å². The molecule has 21 heavy (non-hydrogen) atoms. The fourth-order valence-corrected chi connectivity index (χ4v) is 2.90. The molecule has 1 aromatic carbocycles. The molecule has 6 heteroatoms. The summed E-state index contributed by atoms with van der Waals surface area (Å²) in [5, 5.41) is 2.75. The van der Waals surface area contributed by atoms with Crippen LogP contribution >= 0.6 is 22.9 Å². The molecule has 0 saturated carbocycles. The van der Waals surface area contributed by atoms with E-state index < -0.39 is 5.60 Å². The molecule has 0 aliphatic rings. The first-order chi connectivity index (χ1) is 9.96. The summed E-state index contributed by atoms with van der Waals surface area (Å²) in [7, 11) is 1.49. The molecule has 0 aliphatic carbocycles. The van der Waals surface area contributed by atoms with Crippen molar-refractivity contribution in [2.45, 2.75) is 12.5 Å². The molecule has 0 saturated heterocycles. The van der Waals surface area contributed by atoms with Gasteiger partial charge in [0, 0.05) is 12.7 Å². The Morgan fingerprint density at radius 2 is 2.10 bits per heavy atom. The molecule has 1 aromatic heterocycles. The zero-order valence-electron chi connectivity index (χ0n) is 11.7. The van der Waals surface area contributed by atoms with Crippen LogP contribution in [0.2, 0.25) is 4.34 Å². The minimum absolute atomic E-state index is 0.152. The summed E-state index contributed by atoms with van der Waals surface area (Å²) in [4.78, 5) is 12.5. The normalized spacial score (nSPS) is 13.7. The highest BCUT2D eigenvalue weighted by Crippen LogP contribution is 2.27. The highest BCUT2D eigenvalue weighted by atomic mass is 35.5. The van der Waals surface area contributed by atoms with Gasteiger partial charge < -0.3 is 10.1 Å². The average Bonchev–Trinajstić information content (AvgIpc) is 2.91. The number of carbonyl (C=O) groups excluding carboxylic acids is 1. The quantitative estimate of drug-likeness (QED) is 0.906. The first-order valence-corrected chi connectivity index (χ1v) is 7.49. The number of methoxy groups -OCH3 is 1. The average molecular weight is 328 g/mol. The van der Waals surface area contributed by atoms with Gasteiger partial charge in [-0.15, -0.1) is 11.3 Å². The molecule has 1 heterocycles. The predicted molar refractivity (Wildman–Crippen MR) is 82.4 cm³/mol. The summed E-state index contributed by atoms with van der Waals surface area (Å²) in [5.41, 5.74) is -0.542. The summed E-state index contributed by atoms with van der Waals surface area (Å²) >= 11 is 6.99. The molecule has 1 N–H and O–H groups in total. The second-order valence-corrected chi connectivity index (χ2v) is 6.42. The molecule has 1 atom stereocenters. The third-order valence-electron chi connectivity index (χ3n) is 3.28. The van der Waals surface area contributed by atoms with Crippen LogP contribution < -0.4 is 5.32 Å². The van der Waals surface area contributed by atoms with Crippen LogP contribution in [0.3, 0.4) is 0 Å². The van der Waals surface area contributed by atoms with Gasteiger partial charge in [-0.25, -0.2) is 4.39 Å². The van der Waals surface area contributed by atoms with Gasteiger partial charge in [-0.05, 0) is 25.1 Å². The predicted octanol–water partition coefficient (Wildman–Crippen LogP) is 3.83. The van der Waals surface area contributed by atoms with E-state index in [2.05, 4.69) is 5.32 Å². The van der Waals surface area contributed by atoms with Crippen LogP contribution in [0.15, 0.2) is 36.4 Å². The number of amides is 1. The van der Waals surface area contributed by atoms with E-state index in [9.17, 15) is 9.18 Å². The second-order valence-electron chi connectivity index (χ2n) is 4.70. The summed E-state index contributed by atoms with van der Waals surface area (Å²) in [6, 6.07) is 9.67. The molecule has 0 bridgehead atoms. The highest BCUT2D eigenvalue weighted by molar-refractivity contribution is 7.17. The lowest BCUT2D eigenvalue weighted by atomic mass is 9.95. The zero-order valence-corrected chi connectivity index (χ0v) is 13.2. The molecular weight excluding hydrogens is 313 g/mol. The van der Waals surface area contributed by atoms with Crippen LogP contribution in [-0.4, -0.2) is 19.6 Å². The van der Waals surface area contributed by atoms with Crippen LogP contribution in [0.5, 0.6) is 0 Å². The topological polar surface area (TPSA) is 38.3 Å². The minimum Gasteiger partial charge on any atom is -0.372 e. The van der Waals surface area contributed by atoms with Gasteiger partial charge in [0.25, 0.3) is 5.91 Å². The first kappa shape index (κ1) is 15.9. The highest BCUT2D eigenvalue weighted by Gasteiger charge is 2.30. The van der Waals surface area contributed by atoms with E-state index in [1.807, 2.05) is 0 Å². The minimum atomic E-state index is -0.942. The van der Waals surface area contributed by atoms with Gasteiger partial charge in [-0.3, -0.25) is 4.79 Å². The summed E-state index contributed by atoms with van der Waals surface area (Å²) < 4.78 is 19.9.